The lowest BCUT2D eigenvalue weighted by atomic mass is 10.2. The first-order chi connectivity index (χ1) is 5.47. The normalized spacial score (nSPS) is 26.7. The van der Waals surface area contributed by atoms with Crippen LogP contribution in [0.5, 0.6) is 0 Å². The molecule has 1 aliphatic carbocycles. The van der Waals surface area contributed by atoms with Crippen LogP contribution in [0.2, 0.25) is 0 Å². The minimum absolute atomic E-state index is 0.0769. The van der Waals surface area contributed by atoms with Crippen LogP contribution in [0.25, 0.3) is 0 Å². The van der Waals surface area contributed by atoms with Crippen LogP contribution in [-0.4, -0.2) is 11.9 Å². The summed E-state index contributed by atoms with van der Waals surface area (Å²) in [6.45, 7) is 8.06. The largest absolute Gasteiger partial charge is 0.349 e. The molecular weight excluding hydrogens is 150 g/mol. The molecule has 0 aromatic heterocycles. The maximum Gasteiger partial charge on any atom is 0.246 e. The number of allylic oxidation sites excluding steroid dienone is 1. The van der Waals surface area contributed by atoms with Crippen molar-refractivity contribution in [2.45, 2.75) is 40.2 Å². The number of amides is 1. The molecular formula is C10H17NO. The number of carbonyl (C=O) groups is 1. The molecule has 1 amide bonds. The fourth-order valence-corrected chi connectivity index (χ4v) is 1.12. The lowest BCUT2D eigenvalue weighted by Gasteiger charge is -2.06. The van der Waals surface area contributed by atoms with E-state index < -0.39 is 0 Å². The number of hydrogen-bond donors (Lipinski definition) is 1. The number of nitrogens with one attached hydrogen (secondary N) is 1. The predicted octanol–water partition coefficient (Wildman–Crippen LogP) is 1.87. The van der Waals surface area contributed by atoms with E-state index in [0.717, 1.165) is 12.0 Å². The molecule has 1 aliphatic rings. The van der Waals surface area contributed by atoms with Gasteiger partial charge in [-0.1, -0.05) is 19.9 Å². The van der Waals surface area contributed by atoms with Gasteiger partial charge in [0.05, 0.1) is 0 Å². The van der Waals surface area contributed by atoms with E-state index in [2.05, 4.69) is 19.2 Å². The molecule has 0 heterocycles. The molecule has 2 nitrogen and oxygen atoms in total. The first-order valence-electron chi connectivity index (χ1n) is 4.41. The van der Waals surface area contributed by atoms with Crippen molar-refractivity contribution in [1.29, 1.82) is 0 Å². The highest BCUT2D eigenvalue weighted by atomic mass is 16.1. The van der Waals surface area contributed by atoms with Crippen LogP contribution >= 0.6 is 0 Å². The summed E-state index contributed by atoms with van der Waals surface area (Å²) in [7, 11) is 0. The van der Waals surface area contributed by atoms with Gasteiger partial charge in [0, 0.05) is 11.6 Å². The van der Waals surface area contributed by atoms with Gasteiger partial charge in [-0.15, -0.1) is 0 Å². The van der Waals surface area contributed by atoms with Gasteiger partial charge in [-0.3, -0.25) is 4.79 Å². The molecule has 0 aromatic rings. The van der Waals surface area contributed by atoms with Crippen LogP contribution in [0.3, 0.4) is 0 Å². The summed E-state index contributed by atoms with van der Waals surface area (Å²) in [6, 6.07) is 0.389. The summed E-state index contributed by atoms with van der Waals surface area (Å²) in [4.78, 5) is 11.3. The van der Waals surface area contributed by atoms with Crippen LogP contribution in [0.15, 0.2) is 11.6 Å². The molecule has 1 saturated carbocycles. The van der Waals surface area contributed by atoms with E-state index in [-0.39, 0.29) is 5.91 Å². The molecule has 1 rings (SSSR count). The van der Waals surface area contributed by atoms with Crippen LogP contribution in [0.4, 0.5) is 0 Å². The van der Waals surface area contributed by atoms with Gasteiger partial charge in [0.2, 0.25) is 5.91 Å². The second-order valence-corrected chi connectivity index (χ2v) is 4.19. The zero-order valence-electron chi connectivity index (χ0n) is 8.27. The first kappa shape index (κ1) is 9.30. The Hall–Kier alpha value is -0.790. The van der Waals surface area contributed by atoms with Crippen LogP contribution in [0, 0.1) is 5.41 Å². The second kappa shape index (κ2) is 2.92. The average molecular weight is 167 g/mol. The molecule has 0 radical (unpaired) electrons. The van der Waals surface area contributed by atoms with Gasteiger partial charge in [0.1, 0.15) is 0 Å². The Morgan fingerprint density at radius 3 is 2.42 bits per heavy atom. The van der Waals surface area contributed by atoms with Gasteiger partial charge in [-0.25, -0.2) is 0 Å². The zero-order chi connectivity index (χ0) is 9.35. The van der Waals surface area contributed by atoms with E-state index in [9.17, 15) is 4.79 Å². The van der Waals surface area contributed by atoms with E-state index in [1.54, 1.807) is 0 Å². The summed E-state index contributed by atoms with van der Waals surface area (Å²) >= 11 is 0. The van der Waals surface area contributed by atoms with E-state index in [0.29, 0.717) is 11.5 Å². The molecule has 68 valence electrons. The monoisotopic (exact) mass is 167 g/mol. The van der Waals surface area contributed by atoms with Gasteiger partial charge in [-0.05, 0) is 25.7 Å². The smallest absolute Gasteiger partial charge is 0.246 e. The van der Waals surface area contributed by atoms with Crippen molar-refractivity contribution in [1.82, 2.24) is 5.32 Å². The highest BCUT2D eigenvalue weighted by Crippen LogP contribution is 2.44. The predicted molar refractivity (Wildman–Crippen MR) is 49.8 cm³/mol. The molecule has 1 atom stereocenters. The van der Waals surface area contributed by atoms with Crippen LogP contribution in [-0.2, 0) is 4.79 Å². The van der Waals surface area contributed by atoms with Crippen molar-refractivity contribution < 1.29 is 4.79 Å². The van der Waals surface area contributed by atoms with Gasteiger partial charge in [0.15, 0.2) is 0 Å². The van der Waals surface area contributed by atoms with Gasteiger partial charge < -0.3 is 5.32 Å². The Kier molecular flexibility index (Phi) is 2.27. The third-order valence-corrected chi connectivity index (χ3v) is 2.61. The fraction of sp³-hybridized carbons (Fsp3) is 0.700. The average Bonchev–Trinajstić information content (AvgIpc) is 2.57. The number of rotatable bonds is 2. The summed E-state index contributed by atoms with van der Waals surface area (Å²) in [5.74, 6) is 0.0769. The van der Waals surface area contributed by atoms with E-state index in [1.807, 2.05) is 19.9 Å². The maximum absolute atomic E-state index is 11.3. The molecule has 0 aromatic carbocycles. The molecule has 0 saturated heterocycles. The Balaban J connectivity index is 2.40. The standard InChI is InChI=1S/C10H17NO/c1-5-7(2)9(12)11-8-6-10(8,3)4/h5,8H,6H2,1-4H3,(H,11,12)/b7-5-. The van der Waals surface area contributed by atoms with E-state index in [1.165, 1.54) is 0 Å². The molecule has 1 N–H and O–H groups in total. The third kappa shape index (κ3) is 1.87. The fourth-order valence-electron chi connectivity index (χ4n) is 1.12. The Bertz CT molecular complexity index is 228. The summed E-state index contributed by atoms with van der Waals surface area (Å²) in [6.07, 6.45) is 2.94. The van der Waals surface area contributed by atoms with E-state index >= 15 is 0 Å². The van der Waals surface area contributed by atoms with Gasteiger partial charge >= 0.3 is 0 Å². The lowest BCUT2D eigenvalue weighted by molar-refractivity contribution is -0.117. The van der Waals surface area contributed by atoms with E-state index in [4.69, 9.17) is 0 Å². The Morgan fingerprint density at radius 1 is 1.58 bits per heavy atom. The maximum atomic E-state index is 11.3. The van der Waals surface area contributed by atoms with Gasteiger partial charge in [-0.2, -0.15) is 0 Å². The van der Waals surface area contributed by atoms with Crippen molar-refractivity contribution in [3.8, 4) is 0 Å². The number of hydrogen-bond acceptors (Lipinski definition) is 1. The zero-order valence-corrected chi connectivity index (χ0v) is 8.27. The molecule has 12 heavy (non-hydrogen) atoms. The van der Waals surface area contributed by atoms with Crippen LogP contribution < -0.4 is 5.32 Å². The molecule has 1 unspecified atom stereocenters. The number of carbonyl (C=O) groups excluding carboxylic acids is 1. The summed E-state index contributed by atoms with van der Waals surface area (Å²) in [5.41, 5.74) is 1.13. The minimum atomic E-state index is 0.0769. The van der Waals surface area contributed by atoms with Crippen molar-refractivity contribution >= 4 is 5.91 Å². The van der Waals surface area contributed by atoms with Crippen molar-refractivity contribution in [3.05, 3.63) is 11.6 Å². The van der Waals surface area contributed by atoms with Crippen molar-refractivity contribution in [3.63, 3.8) is 0 Å². The van der Waals surface area contributed by atoms with Crippen molar-refractivity contribution in [2.24, 2.45) is 5.41 Å². The first-order valence-corrected chi connectivity index (χ1v) is 4.41. The lowest BCUT2D eigenvalue weighted by Crippen LogP contribution is -2.28. The van der Waals surface area contributed by atoms with Gasteiger partial charge in [0.25, 0.3) is 0 Å². The summed E-state index contributed by atoms with van der Waals surface area (Å²) in [5, 5.41) is 2.99. The topological polar surface area (TPSA) is 29.1 Å². The molecule has 0 spiro atoms. The van der Waals surface area contributed by atoms with Crippen molar-refractivity contribution in [2.75, 3.05) is 0 Å². The highest BCUT2D eigenvalue weighted by molar-refractivity contribution is 5.93. The Morgan fingerprint density at radius 2 is 2.08 bits per heavy atom. The molecule has 0 bridgehead atoms. The molecule has 1 fully saturated rings. The minimum Gasteiger partial charge on any atom is -0.349 e. The van der Waals surface area contributed by atoms with Crippen LogP contribution in [0.1, 0.15) is 34.1 Å². The Labute approximate surface area is 74.0 Å². The quantitative estimate of drug-likeness (QED) is 0.625. The molecule has 2 heteroatoms. The molecule has 0 aliphatic heterocycles. The highest BCUT2D eigenvalue weighted by Gasteiger charge is 2.46. The SMILES string of the molecule is C/C=C(/C)C(=O)NC1CC1(C)C. The second-order valence-electron chi connectivity index (χ2n) is 4.19. The third-order valence-electron chi connectivity index (χ3n) is 2.61. The summed E-state index contributed by atoms with van der Waals surface area (Å²) < 4.78 is 0.